The maximum absolute atomic E-state index is 11.5. The van der Waals surface area contributed by atoms with E-state index in [4.69, 9.17) is 0 Å². The second-order valence-electron chi connectivity index (χ2n) is 9.21. The van der Waals surface area contributed by atoms with E-state index in [1.54, 1.807) is 18.2 Å². The van der Waals surface area contributed by atoms with Crippen LogP contribution in [0.15, 0.2) is 43.0 Å². The molecule has 0 aromatic heterocycles. The molecule has 0 saturated heterocycles. The number of benzene rings is 2. The monoisotopic (exact) mass is 374 g/mol. The molecule has 0 unspecified atom stereocenters. The molecule has 4 bridgehead atoms. The van der Waals surface area contributed by atoms with Gasteiger partial charge in [-0.3, -0.25) is 0 Å². The SMILES string of the molecule is C=Cc1c(C(=O)O)cccc1-c1ccc(C23CC4CC(CC(C4)C2)C3)c(O)c1. The summed E-state index contributed by atoms with van der Waals surface area (Å²) in [5, 5.41) is 20.5. The average molecular weight is 374 g/mol. The first-order valence-corrected chi connectivity index (χ1v) is 10.3. The molecule has 4 saturated carbocycles. The molecule has 3 nitrogen and oxygen atoms in total. The van der Waals surface area contributed by atoms with Gasteiger partial charge in [0.1, 0.15) is 5.75 Å². The molecule has 4 aliphatic rings. The molecule has 0 spiro atoms. The molecule has 0 atom stereocenters. The molecule has 0 heterocycles. The van der Waals surface area contributed by atoms with Crippen molar-refractivity contribution >= 4 is 12.0 Å². The Hall–Kier alpha value is -2.55. The van der Waals surface area contributed by atoms with E-state index in [0.29, 0.717) is 11.3 Å². The first-order valence-electron chi connectivity index (χ1n) is 10.3. The summed E-state index contributed by atoms with van der Waals surface area (Å²) < 4.78 is 0. The van der Waals surface area contributed by atoms with Gasteiger partial charge < -0.3 is 10.2 Å². The predicted molar refractivity (Wildman–Crippen MR) is 110 cm³/mol. The summed E-state index contributed by atoms with van der Waals surface area (Å²) in [4.78, 5) is 11.5. The Balaban J connectivity index is 1.56. The molecule has 28 heavy (non-hydrogen) atoms. The lowest BCUT2D eigenvalue weighted by Gasteiger charge is -2.57. The standard InChI is InChI=1S/C25H26O3/c1-2-19-20(4-3-5-21(19)24(27)28)18-6-7-22(23(26)11-18)25-12-15-8-16(13-25)10-17(9-15)14-25/h2-7,11,15-17,26H,1,8-10,12-14H2,(H,27,28). The van der Waals surface area contributed by atoms with Gasteiger partial charge in [0.2, 0.25) is 0 Å². The highest BCUT2D eigenvalue weighted by Crippen LogP contribution is 2.61. The van der Waals surface area contributed by atoms with E-state index in [-0.39, 0.29) is 11.0 Å². The zero-order valence-electron chi connectivity index (χ0n) is 16.0. The van der Waals surface area contributed by atoms with Crippen molar-refractivity contribution in [2.75, 3.05) is 0 Å². The van der Waals surface area contributed by atoms with Gasteiger partial charge in [-0.1, -0.05) is 36.9 Å². The molecule has 144 valence electrons. The smallest absolute Gasteiger partial charge is 0.336 e. The molecule has 0 radical (unpaired) electrons. The third-order valence-corrected chi connectivity index (χ3v) is 7.46. The summed E-state index contributed by atoms with van der Waals surface area (Å²) in [6, 6.07) is 11.2. The van der Waals surface area contributed by atoms with Gasteiger partial charge in [-0.25, -0.2) is 4.79 Å². The lowest BCUT2D eigenvalue weighted by atomic mass is 9.48. The molecule has 0 amide bonds. The van der Waals surface area contributed by atoms with Crippen molar-refractivity contribution in [1.82, 2.24) is 0 Å². The van der Waals surface area contributed by atoms with Crippen LogP contribution in [0.2, 0.25) is 0 Å². The fourth-order valence-corrected chi connectivity index (χ4v) is 6.81. The van der Waals surface area contributed by atoms with E-state index in [1.165, 1.54) is 38.5 Å². The summed E-state index contributed by atoms with van der Waals surface area (Å²) >= 11 is 0. The average Bonchev–Trinajstić information content (AvgIpc) is 2.65. The van der Waals surface area contributed by atoms with Crippen LogP contribution < -0.4 is 0 Å². The Kier molecular flexibility index (Phi) is 3.90. The number of carboxylic acid groups (broad SMARTS) is 1. The number of rotatable bonds is 4. The maximum Gasteiger partial charge on any atom is 0.336 e. The van der Waals surface area contributed by atoms with Gasteiger partial charge in [0.25, 0.3) is 0 Å². The minimum absolute atomic E-state index is 0.140. The molecule has 6 rings (SSSR count). The van der Waals surface area contributed by atoms with Crippen molar-refractivity contribution in [2.45, 2.75) is 43.9 Å². The Morgan fingerprint density at radius 1 is 1.04 bits per heavy atom. The molecule has 2 aromatic rings. The lowest BCUT2D eigenvalue weighted by Crippen LogP contribution is -2.48. The summed E-state index contributed by atoms with van der Waals surface area (Å²) in [7, 11) is 0. The van der Waals surface area contributed by atoms with Gasteiger partial charge in [0, 0.05) is 5.56 Å². The number of hydrogen-bond donors (Lipinski definition) is 2. The first kappa shape index (κ1) is 17.5. The van der Waals surface area contributed by atoms with E-state index in [0.717, 1.165) is 34.4 Å². The third-order valence-electron chi connectivity index (χ3n) is 7.46. The molecule has 2 N–H and O–H groups in total. The highest BCUT2D eigenvalue weighted by atomic mass is 16.4. The first-order chi connectivity index (χ1) is 13.5. The van der Waals surface area contributed by atoms with Crippen LogP contribution in [0, 0.1) is 17.8 Å². The van der Waals surface area contributed by atoms with Crippen molar-refractivity contribution < 1.29 is 15.0 Å². The zero-order chi connectivity index (χ0) is 19.5. The predicted octanol–water partition coefficient (Wildman–Crippen LogP) is 5.87. The number of carbonyl (C=O) groups is 1. The van der Waals surface area contributed by atoms with Crippen LogP contribution in [0.25, 0.3) is 17.2 Å². The number of hydrogen-bond acceptors (Lipinski definition) is 2. The molecule has 3 heteroatoms. The van der Waals surface area contributed by atoms with Crippen LogP contribution in [0.1, 0.15) is 60.0 Å². The number of aromatic hydroxyl groups is 1. The van der Waals surface area contributed by atoms with Gasteiger partial charge in [0.15, 0.2) is 0 Å². The molecule has 4 fully saturated rings. The van der Waals surface area contributed by atoms with Gasteiger partial charge in [-0.05, 0) is 90.5 Å². The Morgan fingerprint density at radius 3 is 2.21 bits per heavy atom. The molecule has 4 aliphatic carbocycles. The van der Waals surface area contributed by atoms with E-state index in [1.807, 2.05) is 18.2 Å². The number of phenols is 1. The molecule has 0 aliphatic heterocycles. The van der Waals surface area contributed by atoms with E-state index in [9.17, 15) is 15.0 Å². The summed E-state index contributed by atoms with van der Waals surface area (Å²) in [5.74, 6) is 1.86. The van der Waals surface area contributed by atoms with Crippen LogP contribution in [-0.4, -0.2) is 16.2 Å². The van der Waals surface area contributed by atoms with E-state index >= 15 is 0 Å². The van der Waals surface area contributed by atoms with Gasteiger partial charge in [-0.2, -0.15) is 0 Å². The van der Waals surface area contributed by atoms with Crippen molar-refractivity contribution in [3.05, 3.63) is 59.7 Å². The Bertz CT molecular complexity index is 936. The second kappa shape index (κ2) is 6.23. The van der Waals surface area contributed by atoms with Gasteiger partial charge in [-0.15, -0.1) is 0 Å². The largest absolute Gasteiger partial charge is 0.508 e. The zero-order valence-corrected chi connectivity index (χ0v) is 16.0. The maximum atomic E-state index is 11.5. The number of phenolic OH excluding ortho intramolecular Hbond substituents is 1. The van der Waals surface area contributed by atoms with Crippen molar-refractivity contribution in [3.8, 4) is 16.9 Å². The quantitative estimate of drug-likeness (QED) is 0.704. The normalized spacial score (nSPS) is 30.4. The molecule has 2 aromatic carbocycles. The molecular weight excluding hydrogens is 348 g/mol. The van der Waals surface area contributed by atoms with Crippen LogP contribution in [0.4, 0.5) is 0 Å². The summed E-state index contributed by atoms with van der Waals surface area (Å²) in [6.45, 7) is 3.80. The summed E-state index contributed by atoms with van der Waals surface area (Å²) in [5.41, 5.74) is 3.70. The van der Waals surface area contributed by atoms with Crippen molar-refractivity contribution in [1.29, 1.82) is 0 Å². The molecular formula is C25H26O3. The van der Waals surface area contributed by atoms with E-state index in [2.05, 4.69) is 12.6 Å². The van der Waals surface area contributed by atoms with Gasteiger partial charge in [0.05, 0.1) is 5.56 Å². The van der Waals surface area contributed by atoms with E-state index < -0.39 is 5.97 Å². The van der Waals surface area contributed by atoms with Crippen LogP contribution >= 0.6 is 0 Å². The number of aromatic carboxylic acids is 1. The topological polar surface area (TPSA) is 57.5 Å². The fourth-order valence-electron chi connectivity index (χ4n) is 6.81. The second-order valence-corrected chi connectivity index (χ2v) is 9.21. The van der Waals surface area contributed by atoms with Crippen LogP contribution in [0.3, 0.4) is 0 Å². The minimum Gasteiger partial charge on any atom is -0.508 e. The Labute approximate surface area is 165 Å². The van der Waals surface area contributed by atoms with Crippen molar-refractivity contribution in [2.24, 2.45) is 17.8 Å². The van der Waals surface area contributed by atoms with Gasteiger partial charge >= 0.3 is 5.97 Å². The lowest BCUT2D eigenvalue weighted by molar-refractivity contribution is -0.00612. The Morgan fingerprint density at radius 2 is 1.68 bits per heavy atom. The van der Waals surface area contributed by atoms with Crippen molar-refractivity contribution in [3.63, 3.8) is 0 Å². The number of carboxylic acids is 1. The van der Waals surface area contributed by atoms with Crippen LogP contribution in [-0.2, 0) is 5.41 Å². The van der Waals surface area contributed by atoms with Crippen LogP contribution in [0.5, 0.6) is 5.75 Å². The fraction of sp³-hybridized carbons (Fsp3) is 0.400. The minimum atomic E-state index is -0.967. The highest BCUT2D eigenvalue weighted by Gasteiger charge is 2.52. The third kappa shape index (κ3) is 2.60. The summed E-state index contributed by atoms with van der Waals surface area (Å²) in [6.07, 6.45) is 9.34. The highest BCUT2D eigenvalue weighted by molar-refractivity contribution is 5.96.